The van der Waals surface area contributed by atoms with Crippen molar-refractivity contribution in [2.45, 2.75) is 59.5 Å². The summed E-state index contributed by atoms with van der Waals surface area (Å²) in [7, 11) is 0. The molecule has 2 heteroatoms. The van der Waals surface area contributed by atoms with Crippen molar-refractivity contribution in [1.82, 2.24) is 5.32 Å². The zero-order chi connectivity index (χ0) is 14.0. The first-order chi connectivity index (χ1) is 8.85. The average Bonchev–Trinajstić information content (AvgIpc) is 3.08. The second-order valence-corrected chi connectivity index (χ2v) is 6.92. The SMILES string of the molecule is Cc1cc(CNC(C)(C)C)cc(C)c1OCC1CC1. The summed E-state index contributed by atoms with van der Waals surface area (Å²) in [6.07, 6.45) is 2.68. The van der Waals surface area contributed by atoms with Crippen molar-refractivity contribution in [2.75, 3.05) is 6.61 Å². The van der Waals surface area contributed by atoms with Crippen LogP contribution in [0.2, 0.25) is 0 Å². The van der Waals surface area contributed by atoms with Gasteiger partial charge in [0.05, 0.1) is 6.61 Å². The molecule has 1 fully saturated rings. The van der Waals surface area contributed by atoms with Gasteiger partial charge < -0.3 is 10.1 Å². The quantitative estimate of drug-likeness (QED) is 0.865. The highest BCUT2D eigenvalue weighted by Gasteiger charge is 2.22. The summed E-state index contributed by atoms with van der Waals surface area (Å²) in [6.45, 7) is 12.7. The lowest BCUT2D eigenvalue weighted by atomic mass is 10.0. The van der Waals surface area contributed by atoms with Gasteiger partial charge in [-0.3, -0.25) is 0 Å². The number of benzene rings is 1. The molecule has 106 valence electrons. The van der Waals surface area contributed by atoms with Gasteiger partial charge in [0.1, 0.15) is 5.75 Å². The topological polar surface area (TPSA) is 21.3 Å². The molecular weight excluding hydrogens is 234 g/mol. The molecule has 1 aromatic rings. The lowest BCUT2D eigenvalue weighted by Crippen LogP contribution is -2.35. The minimum Gasteiger partial charge on any atom is -0.493 e. The van der Waals surface area contributed by atoms with Crippen molar-refractivity contribution in [2.24, 2.45) is 5.92 Å². The van der Waals surface area contributed by atoms with E-state index in [-0.39, 0.29) is 5.54 Å². The van der Waals surface area contributed by atoms with Gasteiger partial charge in [-0.05, 0) is 70.1 Å². The monoisotopic (exact) mass is 261 g/mol. The number of aryl methyl sites for hydroxylation is 2. The van der Waals surface area contributed by atoms with Crippen molar-refractivity contribution in [3.05, 3.63) is 28.8 Å². The normalized spacial score (nSPS) is 15.6. The Hall–Kier alpha value is -1.02. The van der Waals surface area contributed by atoms with Crippen LogP contribution in [0.5, 0.6) is 5.75 Å². The second kappa shape index (κ2) is 5.54. The van der Waals surface area contributed by atoms with Crippen LogP contribution in [0.4, 0.5) is 0 Å². The summed E-state index contributed by atoms with van der Waals surface area (Å²) in [6, 6.07) is 4.49. The summed E-state index contributed by atoms with van der Waals surface area (Å²) in [5.74, 6) is 1.90. The minimum atomic E-state index is 0.156. The van der Waals surface area contributed by atoms with E-state index in [1.54, 1.807) is 0 Å². The van der Waals surface area contributed by atoms with Gasteiger partial charge in [0.15, 0.2) is 0 Å². The predicted molar refractivity (Wildman–Crippen MR) is 80.7 cm³/mol. The molecule has 0 spiro atoms. The van der Waals surface area contributed by atoms with E-state index in [1.807, 2.05) is 0 Å². The zero-order valence-corrected chi connectivity index (χ0v) is 13.0. The molecule has 0 amide bonds. The van der Waals surface area contributed by atoms with Gasteiger partial charge in [0.2, 0.25) is 0 Å². The average molecular weight is 261 g/mol. The highest BCUT2D eigenvalue weighted by atomic mass is 16.5. The lowest BCUT2D eigenvalue weighted by molar-refractivity contribution is 0.295. The Labute approximate surface area is 117 Å². The fourth-order valence-corrected chi connectivity index (χ4v) is 2.22. The minimum absolute atomic E-state index is 0.156. The first-order valence-corrected chi connectivity index (χ1v) is 7.33. The molecule has 1 aliphatic carbocycles. The van der Waals surface area contributed by atoms with Crippen LogP contribution < -0.4 is 10.1 Å². The van der Waals surface area contributed by atoms with E-state index in [9.17, 15) is 0 Å². The van der Waals surface area contributed by atoms with Gasteiger partial charge in [-0.25, -0.2) is 0 Å². The number of hydrogen-bond acceptors (Lipinski definition) is 2. The molecule has 0 unspecified atom stereocenters. The van der Waals surface area contributed by atoms with Crippen molar-refractivity contribution < 1.29 is 4.74 Å². The maximum absolute atomic E-state index is 5.97. The first kappa shape index (κ1) is 14.4. The van der Waals surface area contributed by atoms with Crippen LogP contribution in [-0.2, 0) is 6.54 Å². The van der Waals surface area contributed by atoms with Crippen LogP contribution in [0, 0.1) is 19.8 Å². The second-order valence-electron chi connectivity index (χ2n) is 6.92. The van der Waals surface area contributed by atoms with Crippen molar-refractivity contribution in [1.29, 1.82) is 0 Å². The molecule has 0 bridgehead atoms. The van der Waals surface area contributed by atoms with Crippen LogP contribution in [0.1, 0.15) is 50.3 Å². The summed E-state index contributed by atoms with van der Waals surface area (Å²) < 4.78 is 5.97. The highest BCUT2D eigenvalue weighted by molar-refractivity contribution is 5.43. The van der Waals surface area contributed by atoms with E-state index in [1.165, 1.54) is 29.5 Å². The van der Waals surface area contributed by atoms with Crippen molar-refractivity contribution in [3.63, 3.8) is 0 Å². The van der Waals surface area contributed by atoms with E-state index in [2.05, 4.69) is 52.1 Å². The van der Waals surface area contributed by atoms with Gasteiger partial charge in [0, 0.05) is 12.1 Å². The molecule has 19 heavy (non-hydrogen) atoms. The van der Waals surface area contributed by atoms with Crippen molar-refractivity contribution >= 4 is 0 Å². The highest BCUT2D eigenvalue weighted by Crippen LogP contribution is 2.32. The molecule has 0 aromatic heterocycles. The lowest BCUT2D eigenvalue weighted by Gasteiger charge is -2.21. The van der Waals surface area contributed by atoms with E-state index in [0.29, 0.717) is 0 Å². The molecular formula is C17H27NO. The number of rotatable bonds is 5. The Morgan fingerprint density at radius 2 is 1.74 bits per heavy atom. The molecule has 1 aromatic carbocycles. The van der Waals surface area contributed by atoms with Gasteiger partial charge in [0.25, 0.3) is 0 Å². The number of ether oxygens (including phenoxy) is 1. The third-order valence-corrected chi connectivity index (χ3v) is 3.50. The van der Waals surface area contributed by atoms with E-state index >= 15 is 0 Å². The van der Waals surface area contributed by atoms with Crippen LogP contribution in [0.15, 0.2) is 12.1 Å². The first-order valence-electron chi connectivity index (χ1n) is 7.33. The molecule has 1 aliphatic rings. The van der Waals surface area contributed by atoms with E-state index < -0.39 is 0 Å². The van der Waals surface area contributed by atoms with Gasteiger partial charge in [-0.1, -0.05) is 12.1 Å². The maximum Gasteiger partial charge on any atom is 0.125 e. The van der Waals surface area contributed by atoms with E-state index in [0.717, 1.165) is 24.8 Å². The van der Waals surface area contributed by atoms with Crippen molar-refractivity contribution in [3.8, 4) is 5.75 Å². The smallest absolute Gasteiger partial charge is 0.125 e. The van der Waals surface area contributed by atoms with Crippen LogP contribution in [-0.4, -0.2) is 12.1 Å². The maximum atomic E-state index is 5.97. The number of hydrogen-bond donors (Lipinski definition) is 1. The molecule has 1 N–H and O–H groups in total. The third kappa shape index (κ3) is 4.54. The zero-order valence-electron chi connectivity index (χ0n) is 13.0. The standard InChI is InChI=1S/C17H27NO/c1-12-8-15(10-18-17(3,4)5)9-13(2)16(12)19-11-14-6-7-14/h8-9,14,18H,6-7,10-11H2,1-5H3. The third-order valence-electron chi connectivity index (χ3n) is 3.50. The predicted octanol–water partition coefficient (Wildman–Crippen LogP) is 3.98. The Morgan fingerprint density at radius 3 is 2.21 bits per heavy atom. The van der Waals surface area contributed by atoms with Crippen LogP contribution in [0.25, 0.3) is 0 Å². The Balaban J connectivity index is 2.02. The summed E-state index contributed by atoms with van der Waals surface area (Å²) in [4.78, 5) is 0. The number of nitrogens with one attached hydrogen (secondary N) is 1. The van der Waals surface area contributed by atoms with Crippen LogP contribution in [0.3, 0.4) is 0 Å². The molecule has 1 saturated carbocycles. The molecule has 0 saturated heterocycles. The van der Waals surface area contributed by atoms with Crippen LogP contribution >= 0.6 is 0 Å². The fourth-order valence-electron chi connectivity index (χ4n) is 2.22. The summed E-state index contributed by atoms with van der Waals surface area (Å²) >= 11 is 0. The van der Waals surface area contributed by atoms with Gasteiger partial charge in [-0.15, -0.1) is 0 Å². The Bertz CT molecular complexity index is 418. The molecule has 2 rings (SSSR count). The molecule has 0 aliphatic heterocycles. The Morgan fingerprint density at radius 1 is 1.16 bits per heavy atom. The molecule has 0 radical (unpaired) electrons. The molecule has 0 atom stereocenters. The fraction of sp³-hybridized carbons (Fsp3) is 0.647. The largest absolute Gasteiger partial charge is 0.493 e. The summed E-state index contributed by atoms with van der Waals surface area (Å²) in [5.41, 5.74) is 4.00. The van der Waals surface area contributed by atoms with E-state index in [4.69, 9.17) is 4.74 Å². The Kier molecular flexibility index (Phi) is 4.19. The summed E-state index contributed by atoms with van der Waals surface area (Å²) in [5, 5.41) is 3.53. The molecule has 0 heterocycles. The van der Waals surface area contributed by atoms with Gasteiger partial charge in [-0.2, -0.15) is 0 Å². The molecule has 2 nitrogen and oxygen atoms in total. The van der Waals surface area contributed by atoms with Gasteiger partial charge >= 0.3 is 0 Å².